The van der Waals surface area contributed by atoms with Crippen LogP contribution in [0.5, 0.6) is 0 Å². The van der Waals surface area contributed by atoms with Crippen molar-refractivity contribution in [2.45, 2.75) is 19.4 Å². The highest BCUT2D eigenvalue weighted by Crippen LogP contribution is 1.90. The molecule has 0 unspecified atom stereocenters. The zero-order valence-electron chi connectivity index (χ0n) is 7.90. The van der Waals surface area contributed by atoms with Crippen molar-refractivity contribution in [1.82, 2.24) is 20.3 Å². The average molecular weight is 184 g/mol. The van der Waals surface area contributed by atoms with E-state index in [1.807, 2.05) is 13.2 Å². The summed E-state index contributed by atoms with van der Waals surface area (Å²) in [6.45, 7) is 1.93. The van der Waals surface area contributed by atoms with E-state index >= 15 is 0 Å². The Bertz CT molecular complexity index is 236. The van der Waals surface area contributed by atoms with E-state index in [2.05, 4.69) is 15.6 Å². The first-order valence-corrected chi connectivity index (χ1v) is 4.49. The standard InChI is InChI=1S/C8H16N4O/c1-12-7-8(10-11-12)6-9-4-2-3-5-13/h7,9,13H,2-6H2,1H3. The molecule has 0 fully saturated rings. The predicted octanol–water partition coefficient (Wildman–Crippen LogP) is -0.323. The normalized spacial score (nSPS) is 10.6. The van der Waals surface area contributed by atoms with E-state index in [9.17, 15) is 0 Å². The molecule has 1 aromatic heterocycles. The summed E-state index contributed by atoms with van der Waals surface area (Å²) in [6, 6.07) is 0. The van der Waals surface area contributed by atoms with Crippen LogP contribution in [0.4, 0.5) is 0 Å². The summed E-state index contributed by atoms with van der Waals surface area (Å²) < 4.78 is 1.69. The van der Waals surface area contributed by atoms with Crippen molar-refractivity contribution in [1.29, 1.82) is 0 Å². The fraction of sp³-hybridized carbons (Fsp3) is 0.750. The van der Waals surface area contributed by atoms with E-state index in [4.69, 9.17) is 5.11 Å². The molecular weight excluding hydrogens is 168 g/mol. The van der Waals surface area contributed by atoms with Crippen molar-refractivity contribution in [3.63, 3.8) is 0 Å². The average Bonchev–Trinajstić information content (AvgIpc) is 2.51. The lowest BCUT2D eigenvalue weighted by molar-refractivity contribution is 0.283. The van der Waals surface area contributed by atoms with Crippen LogP contribution in [0.25, 0.3) is 0 Å². The molecule has 74 valence electrons. The maximum Gasteiger partial charge on any atom is 0.0964 e. The number of aryl methyl sites for hydroxylation is 1. The largest absolute Gasteiger partial charge is 0.396 e. The topological polar surface area (TPSA) is 63.0 Å². The molecule has 0 aliphatic carbocycles. The third-order valence-electron chi connectivity index (χ3n) is 1.72. The molecule has 0 saturated heterocycles. The molecule has 0 amide bonds. The molecular formula is C8H16N4O. The second kappa shape index (κ2) is 5.66. The van der Waals surface area contributed by atoms with Crippen LogP contribution in [0.15, 0.2) is 6.20 Å². The van der Waals surface area contributed by atoms with Crippen molar-refractivity contribution < 1.29 is 5.11 Å². The molecule has 1 aromatic rings. The van der Waals surface area contributed by atoms with Gasteiger partial charge >= 0.3 is 0 Å². The van der Waals surface area contributed by atoms with E-state index in [1.54, 1.807) is 4.68 Å². The van der Waals surface area contributed by atoms with Crippen LogP contribution in [0.1, 0.15) is 18.5 Å². The molecule has 0 radical (unpaired) electrons. The molecule has 0 bridgehead atoms. The third-order valence-corrected chi connectivity index (χ3v) is 1.72. The number of aliphatic hydroxyl groups excluding tert-OH is 1. The van der Waals surface area contributed by atoms with Crippen LogP contribution in [-0.2, 0) is 13.6 Å². The monoisotopic (exact) mass is 184 g/mol. The number of unbranched alkanes of at least 4 members (excludes halogenated alkanes) is 1. The van der Waals surface area contributed by atoms with Gasteiger partial charge in [0.1, 0.15) is 0 Å². The Balaban J connectivity index is 2.06. The van der Waals surface area contributed by atoms with E-state index in [0.29, 0.717) is 0 Å². The highest BCUT2D eigenvalue weighted by molar-refractivity contribution is 4.90. The van der Waals surface area contributed by atoms with Gasteiger partial charge in [0.25, 0.3) is 0 Å². The molecule has 0 aliphatic heterocycles. The number of hydrogen-bond donors (Lipinski definition) is 2. The first-order chi connectivity index (χ1) is 6.33. The summed E-state index contributed by atoms with van der Waals surface area (Å²) in [5.74, 6) is 0. The van der Waals surface area contributed by atoms with Gasteiger partial charge in [0.2, 0.25) is 0 Å². The molecule has 0 saturated carbocycles. The van der Waals surface area contributed by atoms with E-state index in [-0.39, 0.29) is 6.61 Å². The minimum absolute atomic E-state index is 0.271. The van der Waals surface area contributed by atoms with Crippen LogP contribution < -0.4 is 5.32 Å². The van der Waals surface area contributed by atoms with Gasteiger partial charge in [-0.3, -0.25) is 4.68 Å². The molecule has 0 atom stereocenters. The molecule has 0 aromatic carbocycles. The molecule has 5 heteroatoms. The number of aromatic nitrogens is 3. The summed E-state index contributed by atoms with van der Waals surface area (Å²) in [5, 5.41) is 19.5. The van der Waals surface area contributed by atoms with Gasteiger partial charge in [0.05, 0.1) is 5.69 Å². The van der Waals surface area contributed by atoms with Crippen molar-refractivity contribution in [2.24, 2.45) is 7.05 Å². The Morgan fingerprint density at radius 3 is 3.00 bits per heavy atom. The number of nitrogens with one attached hydrogen (secondary N) is 1. The summed E-state index contributed by atoms with van der Waals surface area (Å²) >= 11 is 0. The zero-order valence-corrected chi connectivity index (χ0v) is 7.90. The van der Waals surface area contributed by atoms with E-state index in [0.717, 1.165) is 31.6 Å². The first-order valence-electron chi connectivity index (χ1n) is 4.49. The highest BCUT2D eigenvalue weighted by Gasteiger charge is 1.96. The molecule has 2 N–H and O–H groups in total. The van der Waals surface area contributed by atoms with Gasteiger partial charge in [-0.25, -0.2) is 0 Å². The lowest BCUT2D eigenvalue weighted by atomic mass is 10.3. The fourth-order valence-electron chi connectivity index (χ4n) is 1.05. The highest BCUT2D eigenvalue weighted by atomic mass is 16.2. The molecule has 1 heterocycles. The second-order valence-electron chi connectivity index (χ2n) is 2.99. The van der Waals surface area contributed by atoms with Gasteiger partial charge in [0, 0.05) is 26.4 Å². The maximum atomic E-state index is 8.53. The van der Waals surface area contributed by atoms with Gasteiger partial charge in [-0.05, 0) is 19.4 Å². The lowest BCUT2D eigenvalue weighted by Gasteiger charge is -1.99. The first kappa shape index (κ1) is 10.1. The minimum atomic E-state index is 0.271. The SMILES string of the molecule is Cn1cc(CNCCCCO)nn1. The molecule has 13 heavy (non-hydrogen) atoms. The third kappa shape index (κ3) is 4.00. The predicted molar refractivity (Wildman–Crippen MR) is 49.0 cm³/mol. The van der Waals surface area contributed by atoms with Crippen LogP contribution in [0.2, 0.25) is 0 Å². The molecule has 0 spiro atoms. The summed E-state index contributed by atoms with van der Waals surface area (Å²) in [6.07, 6.45) is 3.74. The lowest BCUT2D eigenvalue weighted by Crippen LogP contribution is -2.15. The Kier molecular flexibility index (Phi) is 4.42. The smallest absolute Gasteiger partial charge is 0.0964 e. The van der Waals surface area contributed by atoms with Crippen LogP contribution in [-0.4, -0.2) is 33.3 Å². The number of rotatable bonds is 6. The number of hydrogen-bond acceptors (Lipinski definition) is 4. The molecule has 5 nitrogen and oxygen atoms in total. The van der Waals surface area contributed by atoms with Gasteiger partial charge in [-0.15, -0.1) is 5.10 Å². The van der Waals surface area contributed by atoms with Crippen molar-refractivity contribution in [3.8, 4) is 0 Å². The Morgan fingerprint density at radius 2 is 2.38 bits per heavy atom. The Hall–Kier alpha value is -0.940. The summed E-state index contributed by atoms with van der Waals surface area (Å²) in [4.78, 5) is 0. The van der Waals surface area contributed by atoms with E-state index < -0.39 is 0 Å². The second-order valence-corrected chi connectivity index (χ2v) is 2.99. The van der Waals surface area contributed by atoms with Gasteiger partial charge < -0.3 is 10.4 Å². The summed E-state index contributed by atoms with van der Waals surface area (Å²) in [7, 11) is 1.85. The number of aliphatic hydroxyl groups is 1. The van der Waals surface area contributed by atoms with Crippen molar-refractivity contribution in [3.05, 3.63) is 11.9 Å². The van der Waals surface area contributed by atoms with E-state index in [1.165, 1.54) is 0 Å². The van der Waals surface area contributed by atoms with Crippen LogP contribution in [0, 0.1) is 0 Å². The van der Waals surface area contributed by atoms with Gasteiger partial charge in [0.15, 0.2) is 0 Å². The maximum absolute atomic E-state index is 8.53. The van der Waals surface area contributed by atoms with Gasteiger partial charge in [-0.2, -0.15) is 0 Å². The number of nitrogens with zero attached hydrogens (tertiary/aromatic N) is 3. The Labute approximate surface area is 77.8 Å². The Morgan fingerprint density at radius 1 is 1.54 bits per heavy atom. The van der Waals surface area contributed by atoms with Crippen LogP contribution >= 0.6 is 0 Å². The molecule has 0 aliphatic rings. The van der Waals surface area contributed by atoms with Gasteiger partial charge in [-0.1, -0.05) is 5.21 Å². The summed E-state index contributed by atoms with van der Waals surface area (Å²) in [5.41, 5.74) is 0.950. The quantitative estimate of drug-likeness (QED) is 0.595. The molecule has 1 rings (SSSR count). The van der Waals surface area contributed by atoms with Crippen molar-refractivity contribution in [2.75, 3.05) is 13.2 Å². The van der Waals surface area contributed by atoms with Crippen LogP contribution in [0.3, 0.4) is 0 Å². The fourth-order valence-corrected chi connectivity index (χ4v) is 1.05. The van der Waals surface area contributed by atoms with Crippen molar-refractivity contribution >= 4 is 0 Å². The minimum Gasteiger partial charge on any atom is -0.396 e. The zero-order chi connectivity index (χ0) is 9.52.